The summed E-state index contributed by atoms with van der Waals surface area (Å²) in [6, 6.07) is 7.16. The van der Waals surface area contributed by atoms with Crippen LogP contribution in [0, 0.1) is 5.92 Å². The fourth-order valence-corrected chi connectivity index (χ4v) is 3.38. The minimum atomic E-state index is 0.297. The first-order valence-electron chi connectivity index (χ1n) is 8.14. The number of piperidine rings is 1. The Kier molecular flexibility index (Phi) is 5.04. The maximum atomic E-state index is 9.12. The molecule has 1 heterocycles. The predicted octanol–water partition coefficient (Wildman–Crippen LogP) is 3.19. The Bertz CT molecular complexity index is 474. The van der Waals surface area contributed by atoms with E-state index in [-0.39, 0.29) is 0 Å². The Morgan fingerprint density at radius 2 is 2.14 bits per heavy atom. The molecule has 116 valence electrons. The van der Waals surface area contributed by atoms with Crippen LogP contribution in [0.5, 0.6) is 0 Å². The van der Waals surface area contributed by atoms with E-state index < -0.39 is 0 Å². The fraction of sp³-hybridized carbons (Fsp3) is 0.647. The maximum Gasteiger partial charge on any atom is 0.0471 e. The maximum absolute atomic E-state index is 9.12. The third-order valence-corrected chi connectivity index (χ3v) is 4.97. The molecule has 0 bridgehead atoms. The molecule has 0 amide bonds. The number of benzene rings is 1. The molecule has 2 N–H and O–H groups in total. The van der Waals surface area contributed by atoms with Crippen molar-refractivity contribution in [3.8, 4) is 0 Å². The lowest BCUT2D eigenvalue weighted by atomic mass is 9.94. The summed E-state index contributed by atoms with van der Waals surface area (Å²) in [5, 5.41) is 13.5. The molecular weight excluding hydrogens is 284 g/mol. The lowest BCUT2D eigenvalue weighted by molar-refractivity contribution is 0.244. The molecule has 1 aliphatic carbocycles. The van der Waals surface area contributed by atoms with Gasteiger partial charge in [-0.3, -0.25) is 0 Å². The average Bonchev–Trinajstić information content (AvgIpc) is 3.31. The van der Waals surface area contributed by atoms with Crippen LogP contribution in [-0.4, -0.2) is 30.8 Å². The summed E-state index contributed by atoms with van der Waals surface area (Å²) in [6.07, 6.45) is 5.94. The molecule has 4 heteroatoms. The van der Waals surface area contributed by atoms with Gasteiger partial charge in [-0.15, -0.1) is 0 Å². The van der Waals surface area contributed by atoms with Crippen molar-refractivity contribution in [1.82, 2.24) is 5.32 Å². The van der Waals surface area contributed by atoms with Gasteiger partial charge in [0.15, 0.2) is 0 Å². The van der Waals surface area contributed by atoms with Crippen LogP contribution < -0.4 is 10.2 Å². The molecular formula is C17H25ClN2O. The van der Waals surface area contributed by atoms with Gasteiger partial charge in [0.2, 0.25) is 0 Å². The zero-order valence-corrected chi connectivity index (χ0v) is 13.3. The van der Waals surface area contributed by atoms with Gasteiger partial charge in [-0.25, -0.2) is 0 Å². The van der Waals surface area contributed by atoms with Gasteiger partial charge in [-0.2, -0.15) is 0 Å². The number of nitrogens with zero attached hydrogens (tertiary/aromatic N) is 1. The van der Waals surface area contributed by atoms with Crippen molar-refractivity contribution in [2.24, 2.45) is 5.92 Å². The summed E-state index contributed by atoms with van der Waals surface area (Å²) >= 11 is 6.44. The molecule has 1 saturated heterocycles. The molecule has 1 unspecified atom stereocenters. The Morgan fingerprint density at radius 1 is 1.29 bits per heavy atom. The third-order valence-electron chi connectivity index (χ3n) is 4.62. The predicted molar refractivity (Wildman–Crippen MR) is 88.0 cm³/mol. The molecule has 1 aliphatic heterocycles. The first kappa shape index (κ1) is 15.1. The number of aliphatic hydroxyl groups is 1. The fourth-order valence-electron chi connectivity index (χ4n) is 3.14. The summed E-state index contributed by atoms with van der Waals surface area (Å²) in [4.78, 5) is 2.41. The van der Waals surface area contributed by atoms with Crippen molar-refractivity contribution in [2.75, 3.05) is 24.6 Å². The van der Waals surface area contributed by atoms with E-state index in [4.69, 9.17) is 16.7 Å². The molecule has 21 heavy (non-hydrogen) atoms. The van der Waals surface area contributed by atoms with Gasteiger partial charge >= 0.3 is 0 Å². The van der Waals surface area contributed by atoms with Gasteiger partial charge in [0.1, 0.15) is 0 Å². The SMILES string of the molecule is OCCC1CCCN(c2ccc(CNC3CC3)c(Cl)c2)C1. The van der Waals surface area contributed by atoms with E-state index >= 15 is 0 Å². The third kappa shape index (κ3) is 4.12. The lowest BCUT2D eigenvalue weighted by Crippen LogP contribution is -2.35. The van der Waals surface area contributed by atoms with E-state index in [1.54, 1.807) is 0 Å². The quantitative estimate of drug-likeness (QED) is 0.847. The van der Waals surface area contributed by atoms with Crippen LogP contribution in [0.2, 0.25) is 5.02 Å². The van der Waals surface area contributed by atoms with E-state index in [1.165, 1.54) is 36.9 Å². The monoisotopic (exact) mass is 308 g/mol. The van der Waals surface area contributed by atoms with Crippen LogP contribution in [-0.2, 0) is 6.54 Å². The van der Waals surface area contributed by atoms with Gasteiger partial charge in [-0.1, -0.05) is 17.7 Å². The van der Waals surface area contributed by atoms with Crippen molar-refractivity contribution in [3.63, 3.8) is 0 Å². The average molecular weight is 309 g/mol. The van der Waals surface area contributed by atoms with Crippen LogP contribution in [0.3, 0.4) is 0 Å². The second-order valence-electron chi connectivity index (χ2n) is 6.40. The number of aliphatic hydroxyl groups excluding tert-OH is 1. The van der Waals surface area contributed by atoms with E-state index in [0.29, 0.717) is 18.6 Å². The highest BCUT2D eigenvalue weighted by Crippen LogP contribution is 2.29. The molecule has 2 fully saturated rings. The highest BCUT2D eigenvalue weighted by Gasteiger charge is 2.22. The Hall–Kier alpha value is -0.770. The van der Waals surface area contributed by atoms with Crippen LogP contribution in [0.4, 0.5) is 5.69 Å². The Morgan fingerprint density at radius 3 is 2.86 bits per heavy atom. The topological polar surface area (TPSA) is 35.5 Å². The lowest BCUT2D eigenvalue weighted by Gasteiger charge is -2.34. The van der Waals surface area contributed by atoms with Crippen LogP contribution in [0.15, 0.2) is 18.2 Å². The summed E-state index contributed by atoms with van der Waals surface area (Å²) in [5.41, 5.74) is 2.41. The van der Waals surface area contributed by atoms with E-state index in [1.807, 2.05) is 0 Å². The highest BCUT2D eigenvalue weighted by atomic mass is 35.5. The van der Waals surface area contributed by atoms with Crippen molar-refractivity contribution in [2.45, 2.75) is 44.7 Å². The smallest absolute Gasteiger partial charge is 0.0471 e. The first-order chi connectivity index (χ1) is 10.3. The van der Waals surface area contributed by atoms with Crippen LogP contribution in [0.25, 0.3) is 0 Å². The molecule has 0 spiro atoms. The van der Waals surface area contributed by atoms with Crippen molar-refractivity contribution < 1.29 is 5.11 Å². The van der Waals surface area contributed by atoms with Gasteiger partial charge in [0, 0.05) is 43.0 Å². The number of halogens is 1. The van der Waals surface area contributed by atoms with Crippen molar-refractivity contribution in [3.05, 3.63) is 28.8 Å². The normalized spacial score (nSPS) is 22.6. The molecule has 1 atom stereocenters. The number of nitrogens with one attached hydrogen (secondary N) is 1. The first-order valence-corrected chi connectivity index (χ1v) is 8.51. The number of hydrogen-bond donors (Lipinski definition) is 2. The summed E-state index contributed by atoms with van der Waals surface area (Å²) in [5.74, 6) is 0.610. The standard InChI is InChI=1S/C17H25ClN2O/c18-17-10-16(6-3-14(17)11-19-15-4-5-15)20-8-1-2-13(12-20)7-9-21/h3,6,10,13,15,19,21H,1-2,4-5,7-9,11-12H2. The molecule has 3 nitrogen and oxygen atoms in total. The molecule has 1 aromatic rings. The number of rotatable bonds is 6. The van der Waals surface area contributed by atoms with E-state index in [9.17, 15) is 0 Å². The van der Waals surface area contributed by atoms with Gasteiger partial charge < -0.3 is 15.3 Å². The zero-order chi connectivity index (χ0) is 14.7. The summed E-state index contributed by atoms with van der Waals surface area (Å²) in [7, 11) is 0. The van der Waals surface area contributed by atoms with Gasteiger partial charge in [0.05, 0.1) is 0 Å². The minimum absolute atomic E-state index is 0.297. The Labute approximate surface area is 132 Å². The molecule has 1 aromatic carbocycles. The molecule has 1 saturated carbocycles. The number of hydrogen-bond acceptors (Lipinski definition) is 3. The molecule has 0 radical (unpaired) electrons. The van der Waals surface area contributed by atoms with Crippen molar-refractivity contribution >= 4 is 17.3 Å². The van der Waals surface area contributed by atoms with E-state index in [2.05, 4.69) is 28.4 Å². The van der Waals surface area contributed by atoms with Crippen LogP contribution in [0.1, 0.15) is 37.7 Å². The number of anilines is 1. The van der Waals surface area contributed by atoms with Crippen molar-refractivity contribution in [1.29, 1.82) is 0 Å². The molecule has 2 aliphatic rings. The largest absolute Gasteiger partial charge is 0.396 e. The molecule has 3 rings (SSSR count). The minimum Gasteiger partial charge on any atom is -0.396 e. The van der Waals surface area contributed by atoms with Gasteiger partial charge in [0.25, 0.3) is 0 Å². The summed E-state index contributed by atoms with van der Waals surface area (Å²) in [6.45, 7) is 3.30. The van der Waals surface area contributed by atoms with Gasteiger partial charge in [-0.05, 0) is 55.7 Å². The van der Waals surface area contributed by atoms with Crippen LogP contribution >= 0.6 is 11.6 Å². The van der Waals surface area contributed by atoms with E-state index in [0.717, 1.165) is 31.1 Å². The second kappa shape index (κ2) is 6.99. The summed E-state index contributed by atoms with van der Waals surface area (Å²) < 4.78 is 0. The highest BCUT2D eigenvalue weighted by molar-refractivity contribution is 6.31. The Balaban J connectivity index is 1.62. The second-order valence-corrected chi connectivity index (χ2v) is 6.80. The zero-order valence-electron chi connectivity index (χ0n) is 12.5. The molecule has 0 aromatic heterocycles.